The van der Waals surface area contributed by atoms with Crippen molar-refractivity contribution in [3.05, 3.63) is 76.2 Å². The number of aromatic amines is 1. The molecule has 2 aromatic rings. The summed E-state index contributed by atoms with van der Waals surface area (Å²) in [7, 11) is 0. The first-order chi connectivity index (χ1) is 19.0. The highest BCUT2D eigenvalue weighted by molar-refractivity contribution is 5.86. The van der Waals surface area contributed by atoms with Gasteiger partial charge in [-0.2, -0.15) is 5.10 Å². The molecule has 1 heterocycles. The zero-order valence-corrected chi connectivity index (χ0v) is 23.0. The van der Waals surface area contributed by atoms with Gasteiger partial charge in [-0.1, -0.05) is 75.8 Å². The second-order valence-electron chi connectivity index (χ2n) is 10.1. The number of nitrogens with one attached hydrogen (secondary N) is 2. The van der Waals surface area contributed by atoms with Gasteiger partial charge in [0.1, 0.15) is 17.7 Å². The van der Waals surface area contributed by atoms with E-state index in [2.05, 4.69) is 20.3 Å². The molecule has 1 unspecified atom stereocenters. The number of rotatable bonds is 11. The van der Waals surface area contributed by atoms with E-state index in [4.69, 9.17) is 0 Å². The highest BCUT2D eigenvalue weighted by atomic mass is 19.4. The van der Waals surface area contributed by atoms with Crippen LogP contribution >= 0.6 is 0 Å². The maximum atomic E-state index is 12.8. The van der Waals surface area contributed by atoms with Crippen molar-refractivity contribution in [3.63, 3.8) is 0 Å². The smallest absolute Gasteiger partial charge is 0.477 e. The summed E-state index contributed by atoms with van der Waals surface area (Å²) in [6.45, 7) is 5.21. The zero-order valence-electron chi connectivity index (χ0n) is 23.0. The fourth-order valence-corrected chi connectivity index (χ4v) is 4.87. The number of hydrogen-bond donors (Lipinski definition) is 3. The number of nitrogens with zero attached hydrogens (tertiary/aromatic N) is 1. The molecule has 3 rings (SSSR count). The van der Waals surface area contributed by atoms with Crippen LogP contribution in [0.4, 0.5) is 19.0 Å². The number of carboxylic acid groups (broad SMARTS) is 1. The van der Waals surface area contributed by atoms with E-state index in [9.17, 15) is 27.9 Å². The molecule has 0 spiro atoms. The topological polar surface area (TPSA) is 104 Å². The zero-order chi connectivity index (χ0) is 29.3. The summed E-state index contributed by atoms with van der Waals surface area (Å²) in [6.07, 6.45) is 8.73. The molecule has 0 amide bonds. The Labute approximate surface area is 232 Å². The number of allylic oxidation sites excluding steroid dienone is 4. The Morgan fingerprint density at radius 2 is 1.93 bits per heavy atom. The van der Waals surface area contributed by atoms with Crippen LogP contribution in [0.5, 0.6) is 5.75 Å². The van der Waals surface area contributed by atoms with Crippen LogP contribution < -0.4 is 10.1 Å². The Kier molecular flexibility index (Phi) is 10.8. The van der Waals surface area contributed by atoms with E-state index < -0.39 is 12.3 Å². The van der Waals surface area contributed by atoms with Crippen molar-refractivity contribution in [1.82, 2.24) is 10.2 Å². The Hall–Kier alpha value is -3.82. The predicted molar refractivity (Wildman–Crippen MR) is 147 cm³/mol. The Morgan fingerprint density at radius 1 is 1.23 bits per heavy atom. The Bertz CT molecular complexity index is 1270. The number of ether oxygens (including phenoxy) is 1. The van der Waals surface area contributed by atoms with Crippen LogP contribution in [0, 0.1) is 12.8 Å². The molecular weight excluding hydrogens is 523 g/mol. The lowest BCUT2D eigenvalue weighted by Crippen LogP contribution is -2.18. The molecule has 0 saturated heterocycles. The number of carboxylic acids is 1. The standard InChI is InChI=1S/C30H36F3N3O4/c1-4-22(13-11-19(2)23-14-12-20(3)26(16-23)40-30(31,32)33)28(34-27-17-25(29(38)39)35-36-27)24(18-37)15-21-9-7-5-6-8-10-21/h4,11-14,16-19,21H,5-10,15H2,1-3H3,(H,38,39)(H2,34,35,36)/b13-11-,22-4+,28-24-. The van der Waals surface area contributed by atoms with Gasteiger partial charge in [0.25, 0.3) is 0 Å². The van der Waals surface area contributed by atoms with Gasteiger partial charge in [0.05, 0.1) is 5.70 Å². The fourth-order valence-electron chi connectivity index (χ4n) is 4.87. The third kappa shape index (κ3) is 8.86. The maximum Gasteiger partial charge on any atom is 0.573 e. The van der Waals surface area contributed by atoms with Crippen molar-refractivity contribution in [3.8, 4) is 5.75 Å². The first-order valence-corrected chi connectivity index (χ1v) is 13.5. The van der Waals surface area contributed by atoms with Gasteiger partial charge in [-0.3, -0.25) is 9.89 Å². The van der Waals surface area contributed by atoms with Gasteiger partial charge in [-0.25, -0.2) is 4.79 Å². The second kappa shape index (κ2) is 14.0. The summed E-state index contributed by atoms with van der Waals surface area (Å²) in [5.41, 5.74) is 2.63. The van der Waals surface area contributed by atoms with E-state index in [1.54, 1.807) is 25.1 Å². The number of hydrogen-bond acceptors (Lipinski definition) is 5. The number of carbonyl (C=O) groups is 2. The number of anilines is 1. The van der Waals surface area contributed by atoms with Crippen LogP contribution in [0.2, 0.25) is 0 Å². The molecule has 1 aromatic carbocycles. The van der Waals surface area contributed by atoms with E-state index in [-0.39, 0.29) is 23.2 Å². The van der Waals surface area contributed by atoms with Gasteiger partial charge in [-0.15, -0.1) is 13.2 Å². The van der Waals surface area contributed by atoms with Crippen LogP contribution in [-0.2, 0) is 4.79 Å². The van der Waals surface area contributed by atoms with Gasteiger partial charge in [-0.05, 0) is 54.9 Å². The number of halogens is 3. The molecule has 7 nitrogen and oxygen atoms in total. The summed E-state index contributed by atoms with van der Waals surface area (Å²) < 4.78 is 42.7. The van der Waals surface area contributed by atoms with Crippen molar-refractivity contribution in [2.75, 3.05) is 5.32 Å². The number of benzene rings is 1. The lowest BCUT2D eigenvalue weighted by Gasteiger charge is -2.19. The molecule has 0 aliphatic heterocycles. The van der Waals surface area contributed by atoms with E-state index in [1.165, 1.54) is 25.0 Å². The molecule has 1 aliphatic rings. The number of H-pyrrole nitrogens is 1. The third-order valence-corrected chi connectivity index (χ3v) is 7.14. The SMILES string of the molecule is C/C=C(\C=C/C(C)c1ccc(C)c(OC(F)(F)F)c1)C(/Nc1cc(C(=O)O)[nH]n1)=C(/C=O)CC1CCCCCC1. The van der Waals surface area contributed by atoms with Crippen molar-refractivity contribution < 1.29 is 32.6 Å². The van der Waals surface area contributed by atoms with Gasteiger partial charge < -0.3 is 15.2 Å². The van der Waals surface area contributed by atoms with Crippen molar-refractivity contribution in [2.24, 2.45) is 5.92 Å². The number of alkyl halides is 3. The van der Waals surface area contributed by atoms with E-state index >= 15 is 0 Å². The number of aldehydes is 1. The second-order valence-corrected chi connectivity index (χ2v) is 10.1. The predicted octanol–water partition coefficient (Wildman–Crippen LogP) is 7.85. The van der Waals surface area contributed by atoms with Crippen molar-refractivity contribution in [1.29, 1.82) is 0 Å². The van der Waals surface area contributed by atoms with E-state index in [0.717, 1.165) is 32.0 Å². The summed E-state index contributed by atoms with van der Waals surface area (Å²) in [5.74, 6) is -1.09. The highest BCUT2D eigenvalue weighted by Crippen LogP contribution is 2.32. The normalized spacial score (nSPS) is 16.8. The van der Waals surface area contributed by atoms with E-state index in [1.807, 2.05) is 26.0 Å². The lowest BCUT2D eigenvalue weighted by atomic mass is 9.90. The fraction of sp³-hybridized carbons (Fsp3) is 0.433. The molecule has 1 aromatic heterocycles. The average Bonchev–Trinajstić information content (AvgIpc) is 3.23. The van der Waals surface area contributed by atoms with Gasteiger partial charge in [0, 0.05) is 11.6 Å². The van der Waals surface area contributed by atoms with Crippen LogP contribution in [-0.4, -0.2) is 33.9 Å². The van der Waals surface area contributed by atoms with Crippen molar-refractivity contribution in [2.45, 2.75) is 78.0 Å². The number of aryl methyl sites for hydroxylation is 1. The number of aromatic carboxylic acids is 1. The highest BCUT2D eigenvalue weighted by Gasteiger charge is 2.32. The lowest BCUT2D eigenvalue weighted by molar-refractivity contribution is -0.274. The summed E-state index contributed by atoms with van der Waals surface area (Å²) >= 11 is 0. The maximum absolute atomic E-state index is 12.8. The number of carbonyl (C=O) groups excluding carboxylic acids is 1. The van der Waals surface area contributed by atoms with Crippen LogP contribution in [0.15, 0.2) is 59.3 Å². The Balaban J connectivity index is 1.94. The van der Waals surface area contributed by atoms with Crippen LogP contribution in [0.1, 0.15) is 86.3 Å². The molecule has 1 aliphatic carbocycles. The minimum Gasteiger partial charge on any atom is -0.477 e. The largest absolute Gasteiger partial charge is 0.573 e. The number of aromatic nitrogens is 2. The average molecular weight is 560 g/mol. The molecule has 1 fully saturated rings. The quantitative estimate of drug-likeness (QED) is 0.112. The van der Waals surface area contributed by atoms with Crippen molar-refractivity contribution >= 4 is 18.1 Å². The summed E-state index contributed by atoms with van der Waals surface area (Å²) in [4.78, 5) is 23.7. The van der Waals surface area contributed by atoms with Crippen LogP contribution in [0.25, 0.3) is 0 Å². The first-order valence-electron chi connectivity index (χ1n) is 13.5. The summed E-state index contributed by atoms with van der Waals surface area (Å²) in [6, 6.07) is 6.06. The Morgan fingerprint density at radius 3 is 2.50 bits per heavy atom. The first kappa shape index (κ1) is 30.7. The summed E-state index contributed by atoms with van der Waals surface area (Å²) in [5, 5.41) is 18.9. The minimum absolute atomic E-state index is 0.0966. The minimum atomic E-state index is -4.79. The van der Waals surface area contributed by atoms with Crippen LogP contribution in [0.3, 0.4) is 0 Å². The molecule has 3 N–H and O–H groups in total. The van der Waals surface area contributed by atoms with Gasteiger partial charge in [0.15, 0.2) is 5.82 Å². The molecule has 1 saturated carbocycles. The molecule has 216 valence electrons. The van der Waals surface area contributed by atoms with Gasteiger partial charge >= 0.3 is 12.3 Å². The third-order valence-electron chi connectivity index (χ3n) is 7.14. The molecule has 0 bridgehead atoms. The van der Waals surface area contributed by atoms with E-state index in [0.29, 0.717) is 40.3 Å². The molecule has 40 heavy (non-hydrogen) atoms. The van der Waals surface area contributed by atoms with Gasteiger partial charge in [0.2, 0.25) is 0 Å². The molecular formula is C30H36F3N3O4. The monoisotopic (exact) mass is 559 g/mol. The molecule has 0 radical (unpaired) electrons. The molecule has 10 heteroatoms. The molecule has 1 atom stereocenters.